The summed E-state index contributed by atoms with van der Waals surface area (Å²) in [5, 5.41) is 0. The molecule has 0 aliphatic heterocycles. The van der Waals surface area contributed by atoms with Crippen molar-refractivity contribution < 1.29 is 9.59 Å². The minimum absolute atomic E-state index is 0.00521. The van der Waals surface area contributed by atoms with E-state index in [9.17, 15) is 9.59 Å². The van der Waals surface area contributed by atoms with Crippen LogP contribution in [-0.2, 0) is 6.42 Å². The fraction of sp³-hybridized carbons (Fsp3) is 0.556. The molecule has 0 saturated heterocycles. The Kier molecular flexibility index (Phi) is 2.63. The fourth-order valence-corrected chi connectivity index (χ4v) is 4.97. The van der Waals surface area contributed by atoms with Crippen LogP contribution in [0.2, 0.25) is 0 Å². The maximum absolute atomic E-state index is 13.0. The van der Waals surface area contributed by atoms with Gasteiger partial charge >= 0.3 is 0 Å². The van der Waals surface area contributed by atoms with Gasteiger partial charge in [-0.1, -0.05) is 31.5 Å². The third-order valence-corrected chi connectivity index (χ3v) is 5.70. The van der Waals surface area contributed by atoms with Gasteiger partial charge in [0.25, 0.3) is 0 Å². The van der Waals surface area contributed by atoms with Gasteiger partial charge in [-0.2, -0.15) is 0 Å². The molecule has 104 valence electrons. The van der Waals surface area contributed by atoms with E-state index < -0.39 is 0 Å². The smallest absolute Gasteiger partial charge is 0.167 e. The van der Waals surface area contributed by atoms with Crippen LogP contribution in [0.3, 0.4) is 0 Å². The van der Waals surface area contributed by atoms with Crippen molar-refractivity contribution in [2.24, 2.45) is 23.7 Å². The Labute approximate surface area is 119 Å². The first-order valence-electron chi connectivity index (χ1n) is 7.92. The second-order valence-electron chi connectivity index (χ2n) is 6.70. The number of fused-ring (bicyclic) bond motifs is 6. The molecule has 3 aliphatic rings. The summed E-state index contributed by atoms with van der Waals surface area (Å²) in [6, 6.07) is 5.85. The minimum atomic E-state index is 0.00521. The summed E-state index contributed by atoms with van der Waals surface area (Å²) < 4.78 is 0. The van der Waals surface area contributed by atoms with Gasteiger partial charge in [0, 0.05) is 23.0 Å². The number of hydrogen-bond acceptors (Lipinski definition) is 2. The highest BCUT2D eigenvalue weighted by Gasteiger charge is 2.56. The number of carbonyl (C=O) groups is 2. The zero-order valence-electron chi connectivity index (χ0n) is 11.9. The lowest BCUT2D eigenvalue weighted by atomic mass is 9.66. The maximum atomic E-state index is 13.0. The van der Waals surface area contributed by atoms with E-state index in [-0.39, 0.29) is 23.4 Å². The lowest BCUT2D eigenvalue weighted by Crippen LogP contribution is -2.40. The first kappa shape index (κ1) is 12.3. The van der Waals surface area contributed by atoms with Crippen LogP contribution in [0.5, 0.6) is 0 Å². The summed E-state index contributed by atoms with van der Waals surface area (Å²) in [6.07, 6.45) is 5.31. The zero-order valence-corrected chi connectivity index (χ0v) is 11.9. The van der Waals surface area contributed by atoms with Crippen molar-refractivity contribution in [1.29, 1.82) is 0 Å². The SMILES string of the molecule is CCCc1cccc2c1C(=O)C1C3CCC(C3)C1C2=O. The van der Waals surface area contributed by atoms with Crippen LogP contribution >= 0.6 is 0 Å². The Hall–Kier alpha value is -1.44. The topological polar surface area (TPSA) is 34.1 Å². The maximum Gasteiger partial charge on any atom is 0.167 e. The Balaban J connectivity index is 1.87. The summed E-state index contributed by atoms with van der Waals surface area (Å²) in [5.41, 5.74) is 2.58. The average Bonchev–Trinajstić information content (AvgIpc) is 3.06. The van der Waals surface area contributed by atoms with E-state index in [4.69, 9.17) is 0 Å². The van der Waals surface area contributed by atoms with Crippen LogP contribution in [0.1, 0.15) is 58.9 Å². The van der Waals surface area contributed by atoms with Gasteiger partial charge < -0.3 is 0 Å². The number of Topliss-reactive ketones (excluding diaryl/α,β-unsaturated/α-hetero) is 2. The number of rotatable bonds is 2. The number of ketones is 2. The Morgan fingerprint density at radius 2 is 1.75 bits per heavy atom. The number of benzene rings is 1. The van der Waals surface area contributed by atoms with E-state index in [0.29, 0.717) is 11.8 Å². The molecule has 0 spiro atoms. The number of carbonyl (C=O) groups excluding carboxylic acids is 2. The highest BCUT2D eigenvalue weighted by molar-refractivity contribution is 6.17. The highest BCUT2D eigenvalue weighted by Crippen LogP contribution is 2.56. The monoisotopic (exact) mass is 268 g/mol. The van der Waals surface area contributed by atoms with Gasteiger partial charge in [-0.3, -0.25) is 9.59 Å². The van der Waals surface area contributed by atoms with Gasteiger partial charge in [0.1, 0.15) is 0 Å². The second kappa shape index (κ2) is 4.28. The summed E-state index contributed by atoms with van der Waals surface area (Å²) in [4.78, 5) is 25.8. The second-order valence-corrected chi connectivity index (χ2v) is 6.70. The zero-order chi connectivity index (χ0) is 13.9. The third kappa shape index (κ3) is 1.45. The summed E-state index contributed by atoms with van der Waals surface area (Å²) in [7, 11) is 0. The normalized spacial score (nSPS) is 34.2. The molecular weight excluding hydrogens is 248 g/mol. The third-order valence-electron chi connectivity index (χ3n) is 5.70. The van der Waals surface area contributed by atoms with Crippen molar-refractivity contribution in [3.8, 4) is 0 Å². The van der Waals surface area contributed by atoms with Crippen LogP contribution < -0.4 is 0 Å². The molecule has 1 aromatic carbocycles. The molecule has 4 atom stereocenters. The van der Waals surface area contributed by atoms with Crippen molar-refractivity contribution in [3.05, 3.63) is 34.9 Å². The predicted molar refractivity (Wildman–Crippen MR) is 76.9 cm³/mol. The van der Waals surface area contributed by atoms with Crippen molar-refractivity contribution in [1.82, 2.24) is 0 Å². The molecule has 2 nitrogen and oxygen atoms in total. The van der Waals surface area contributed by atoms with Gasteiger partial charge in [-0.15, -0.1) is 0 Å². The first-order chi connectivity index (χ1) is 9.72. The van der Waals surface area contributed by atoms with E-state index in [1.165, 1.54) is 0 Å². The fourth-order valence-electron chi connectivity index (χ4n) is 4.97. The van der Waals surface area contributed by atoms with Crippen LogP contribution in [0.4, 0.5) is 0 Å². The molecule has 2 bridgehead atoms. The number of aryl methyl sites for hydroxylation is 1. The van der Waals surface area contributed by atoms with Gasteiger partial charge in [0.2, 0.25) is 0 Å². The Morgan fingerprint density at radius 1 is 1.05 bits per heavy atom. The summed E-state index contributed by atoms with van der Waals surface area (Å²) in [5.74, 6) is 1.50. The molecule has 2 heteroatoms. The molecule has 1 aromatic rings. The Bertz CT molecular complexity index is 601. The molecule has 0 amide bonds. The molecule has 0 radical (unpaired) electrons. The van der Waals surface area contributed by atoms with E-state index in [2.05, 4.69) is 6.92 Å². The molecular formula is C18H20O2. The molecule has 4 unspecified atom stereocenters. The van der Waals surface area contributed by atoms with E-state index in [0.717, 1.165) is 48.8 Å². The average molecular weight is 268 g/mol. The molecule has 20 heavy (non-hydrogen) atoms. The van der Waals surface area contributed by atoms with Gasteiger partial charge in [-0.25, -0.2) is 0 Å². The molecule has 2 saturated carbocycles. The predicted octanol–water partition coefficient (Wildman–Crippen LogP) is 3.68. The van der Waals surface area contributed by atoms with Crippen LogP contribution in [0.25, 0.3) is 0 Å². The molecule has 3 aliphatic carbocycles. The highest BCUT2D eigenvalue weighted by atomic mass is 16.1. The first-order valence-corrected chi connectivity index (χ1v) is 7.92. The van der Waals surface area contributed by atoms with Crippen LogP contribution in [0, 0.1) is 23.7 Å². The molecule has 0 heterocycles. The Morgan fingerprint density at radius 3 is 2.45 bits per heavy atom. The van der Waals surface area contributed by atoms with Crippen molar-refractivity contribution >= 4 is 11.6 Å². The van der Waals surface area contributed by atoms with E-state index in [1.54, 1.807) is 0 Å². The molecule has 2 fully saturated rings. The van der Waals surface area contributed by atoms with E-state index >= 15 is 0 Å². The molecule has 0 N–H and O–H groups in total. The lowest BCUT2D eigenvalue weighted by molar-refractivity contribution is 0.0660. The lowest BCUT2D eigenvalue weighted by Gasteiger charge is -2.34. The van der Waals surface area contributed by atoms with Crippen molar-refractivity contribution in [2.45, 2.75) is 39.0 Å². The molecule has 4 rings (SSSR count). The van der Waals surface area contributed by atoms with Crippen molar-refractivity contribution in [2.75, 3.05) is 0 Å². The van der Waals surface area contributed by atoms with Gasteiger partial charge in [-0.05, 0) is 43.1 Å². The standard InChI is InChI=1S/C18H20O2/c1-2-4-10-5-3-6-13-14(10)18(20)16-12-8-7-11(9-12)15(16)17(13)19/h3,5-6,11-12,15-16H,2,4,7-9H2,1H3. The van der Waals surface area contributed by atoms with Crippen LogP contribution in [-0.4, -0.2) is 11.6 Å². The quantitative estimate of drug-likeness (QED) is 0.820. The summed E-state index contributed by atoms with van der Waals surface area (Å²) in [6.45, 7) is 2.12. The largest absolute Gasteiger partial charge is 0.294 e. The van der Waals surface area contributed by atoms with Gasteiger partial charge in [0.15, 0.2) is 11.6 Å². The van der Waals surface area contributed by atoms with Gasteiger partial charge in [0.05, 0.1) is 0 Å². The minimum Gasteiger partial charge on any atom is -0.294 e. The van der Waals surface area contributed by atoms with E-state index in [1.807, 2.05) is 18.2 Å². The number of hydrogen-bond donors (Lipinski definition) is 0. The summed E-state index contributed by atoms with van der Waals surface area (Å²) >= 11 is 0. The molecule has 0 aromatic heterocycles. The van der Waals surface area contributed by atoms with Crippen molar-refractivity contribution in [3.63, 3.8) is 0 Å². The van der Waals surface area contributed by atoms with Crippen LogP contribution in [0.15, 0.2) is 18.2 Å².